The number of fused-ring (bicyclic) bond motifs is 17. The molecular weight excluding hydrogens is 1280 g/mol. The predicted octanol–water partition coefficient (Wildman–Crippen LogP) is 22.8. The Labute approximate surface area is 605 Å². The van der Waals surface area contributed by atoms with Gasteiger partial charge >= 0.3 is 0 Å². The molecule has 0 N–H and O–H groups in total. The molecule has 0 spiro atoms. The third kappa shape index (κ3) is 9.02. The number of aryl methyl sites for hydroxylation is 4. The van der Waals surface area contributed by atoms with E-state index in [1.807, 2.05) is 72.8 Å². The van der Waals surface area contributed by atoms with Crippen molar-refractivity contribution in [2.75, 3.05) is 0 Å². The van der Waals surface area contributed by atoms with Crippen LogP contribution in [-0.2, 0) is 12.1 Å². The molecular formula is C95H66N10. The van der Waals surface area contributed by atoms with Crippen LogP contribution in [0.4, 0.5) is 0 Å². The van der Waals surface area contributed by atoms with Crippen LogP contribution >= 0.6 is 0 Å². The van der Waals surface area contributed by atoms with Gasteiger partial charge in [-0.15, -0.1) is 0 Å². The van der Waals surface area contributed by atoms with Crippen LogP contribution in [0.15, 0.2) is 297 Å². The van der Waals surface area contributed by atoms with E-state index in [9.17, 15) is 0 Å². The minimum atomic E-state index is -1.36. The number of allylic oxidation sites excluding steroid dienone is 1. The van der Waals surface area contributed by atoms with Gasteiger partial charge in [-0.1, -0.05) is 272 Å². The van der Waals surface area contributed by atoms with Gasteiger partial charge in [0.1, 0.15) is 0 Å². The van der Waals surface area contributed by atoms with Crippen molar-refractivity contribution in [1.82, 2.24) is 48.2 Å². The standard InChI is InChI=1S/C95H66N10/c1-57-41-51-79(59(3)53-57)102-81-37-21-17-33-69(81)73-47-49-75-71-35-19-23-39-83(71)104(87(75)85(73)102)95(105-84-40-24-20-36-72(84)76-50-48-74-70-34-18-22-38-82(70)103(86(74)88(76)105)80-52-42-58(2)54-60(80)4)77-55-65(93-98-89(61-25-9-5-10-26-61)96-90(99-93)62-27-11-6-12-28-62)43-45-67(77)68-46-44-66(56-78(68)95)94-100-91(63-29-13-7-14-30-63)97-92(101-94)64-31-15-8-16-32-64/h5-23,25-39,41-56H,24,40H2,1-4H3. The van der Waals surface area contributed by atoms with Gasteiger partial charge in [0.2, 0.25) is 0 Å². The number of rotatable bonds is 10. The fourth-order valence-corrected chi connectivity index (χ4v) is 17.6. The number of aromatic nitrogens is 10. The van der Waals surface area contributed by atoms with Gasteiger partial charge in [0.15, 0.2) is 40.6 Å². The molecule has 10 nitrogen and oxygen atoms in total. The van der Waals surface area contributed by atoms with Crippen LogP contribution in [0.25, 0.3) is 173 Å². The van der Waals surface area contributed by atoms with E-state index in [2.05, 4.69) is 277 Å². The molecule has 2 aliphatic rings. The summed E-state index contributed by atoms with van der Waals surface area (Å²) < 4.78 is 10.8. The second-order valence-corrected chi connectivity index (χ2v) is 28.3. The van der Waals surface area contributed by atoms with E-state index >= 15 is 0 Å². The molecule has 2 aliphatic carbocycles. The van der Waals surface area contributed by atoms with Gasteiger partial charge in [0.25, 0.3) is 0 Å². The van der Waals surface area contributed by atoms with Gasteiger partial charge in [-0.25, -0.2) is 29.9 Å². The Kier molecular flexibility index (Phi) is 13.4. The van der Waals surface area contributed by atoms with Gasteiger partial charge in [0, 0.05) is 105 Å². The lowest BCUT2D eigenvalue weighted by Crippen LogP contribution is -2.43. The summed E-state index contributed by atoms with van der Waals surface area (Å²) in [6, 6.07) is 106. The highest BCUT2D eigenvalue weighted by atomic mass is 15.3. The van der Waals surface area contributed by atoms with Crippen LogP contribution in [0.5, 0.6) is 0 Å². The smallest absolute Gasteiger partial charge is 0.176 e. The molecule has 0 unspecified atom stereocenters. The Hall–Kier alpha value is -13.4. The monoisotopic (exact) mass is 1350 g/mol. The molecule has 19 aromatic rings. The van der Waals surface area contributed by atoms with Gasteiger partial charge in [-0.05, 0) is 105 Å². The van der Waals surface area contributed by atoms with Gasteiger partial charge in [-0.3, -0.25) is 0 Å². The van der Waals surface area contributed by atoms with Crippen LogP contribution in [0.3, 0.4) is 0 Å². The first-order valence-corrected chi connectivity index (χ1v) is 36.1. The van der Waals surface area contributed by atoms with E-state index in [4.69, 9.17) is 29.9 Å². The van der Waals surface area contributed by atoms with Crippen molar-refractivity contribution in [3.05, 3.63) is 342 Å². The number of hydrogen-bond donors (Lipinski definition) is 0. The Morgan fingerprint density at radius 3 is 1.09 bits per heavy atom. The molecule has 0 radical (unpaired) electrons. The fourth-order valence-electron chi connectivity index (χ4n) is 17.6. The highest BCUT2D eigenvalue weighted by Gasteiger charge is 2.52. The highest BCUT2D eigenvalue weighted by Crippen LogP contribution is 2.59. The first kappa shape index (κ1) is 60.3. The fraction of sp³-hybridized carbons (Fsp3) is 0.0737. The lowest BCUT2D eigenvalue weighted by atomic mass is 9.91. The molecule has 13 aromatic carbocycles. The topological polar surface area (TPSA) is 97.1 Å². The maximum atomic E-state index is 5.56. The first-order chi connectivity index (χ1) is 51.7. The van der Waals surface area contributed by atoms with E-state index in [1.54, 1.807) is 0 Å². The van der Waals surface area contributed by atoms with E-state index in [0.29, 0.717) is 34.9 Å². The number of para-hydroxylation sites is 3. The van der Waals surface area contributed by atoms with E-state index in [-0.39, 0.29) is 0 Å². The largest absolute Gasteiger partial charge is 0.310 e. The summed E-state index contributed by atoms with van der Waals surface area (Å²) in [6.45, 7) is 8.92. The molecule has 105 heavy (non-hydrogen) atoms. The van der Waals surface area contributed by atoms with Gasteiger partial charge in [0.05, 0.1) is 38.6 Å². The van der Waals surface area contributed by atoms with Crippen molar-refractivity contribution in [1.29, 1.82) is 0 Å². The zero-order chi connectivity index (χ0) is 69.8. The summed E-state index contributed by atoms with van der Waals surface area (Å²) in [5, 5.41) is 8.07. The Morgan fingerprint density at radius 2 is 0.657 bits per heavy atom. The summed E-state index contributed by atoms with van der Waals surface area (Å²) in [5.74, 6) is 3.46. The molecule has 10 heteroatoms. The Bertz CT molecular complexity index is 6580. The third-order valence-corrected chi connectivity index (χ3v) is 22.0. The first-order valence-electron chi connectivity index (χ1n) is 36.1. The van der Waals surface area contributed by atoms with Crippen molar-refractivity contribution in [2.45, 2.75) is 46.2 Å². The minimum Gasteiger partial charge on any atom is -0.310 e. The molecule has 0 saturated heterocycles. The summed E-state index contributed by atoms with van der Waals surface area (Å²) >= 11 is 0. The molecule has 0 amide bonds. The molecule has 496 valence electrons. The second-order valence-electron chi connectivity index (χ2n) is 28.3. The van der Waals surface area contributed by atoms with Crippen LogP contribution < -0.4 is 0 Å². The van der Waals surface area contributed by atoms with E-state index in [0.717, 1.165) is 145 Å². The number of hydrogen-bond acceptors (Lipinski definition) is 6. The number of benzene rings is 13. The zero-order valence-electron chi connectivity index (χ0n) is 58.3. The van der Waals surface area contributed by atoms with Crippen LogP contribution in [0.1, 0.15) is 51.1 Å². The summed E-state index contributed by atoms with van der Waals surface area (Å²) in [6.07, 6.45) is 6.36. The molecule has 6 aromatic heterocycles. The molecule has 0 aliphatic heterocycles. The lowest BCUT2D eigenvalue weighted by Gasteiger charge is -2.40. The summed E-state index contributed by atoms with van der Waals surface area (Å²) in [7, 11) is 0. The Balaban J connectivity index is 1.01. The summed E-state index contributed by atoms with van der Waals surface area (Å²) in [5.41, 5.74) is 25.3. The van der Waals surface area contributed by atoms with Gasteiger partial charge < -0.3 is 18.3 Å². The quantitative estimate of drug-likeness (QED) is 0.135. The normalized spacial score (nSPS) is 13.1. The molecule has 0 atom stereocenters. The second kappa shape index (κ2) is 23.3. The van der Waals surface area contributed by atoms with Crippen molar-refractivity contribution in [3.63, 3.8) is 0 Å². The van der Waals surface area contributed by atoms with Crippen LogP contribution in [-0.4, -0.2) is 48.2 Å². The average molecular weight is 1350 g/mol. The molecule has 21 rings (SSSR count). The number of nitrogens with zero attached hydrogens (tertiary/aromatic N) is 10. The third-order valence-electron chi connectivity index (χ3n) is 22.0. The van der Waals surface area contributed by atoms with E-state index in [1.165, 1.54) is 44.3 Å². The van der Waals surface area contributed by atoms with Crippen LogP contribution in [0, 0.1) is 27.7 Å². The molecule has 0 saturated carbocycles. The lowest BCUT2D eigenvalue weighted by molar-refractivity contribution is 0.393. The van der Waals surface area contributed by atoms with E-state index < -0.39 is 5.66 Å². The van der Waals surface area contributed by atoms with Crippen molar-refractivity contribution in [2.24, 2.45) is 0 Å². The minimum absolute atomic E-state index is 0.558. The maximum Gasteiger partial charge on any atom is 0.176 e. The van der Waals surface area contributed by atoms with Crippen molar-refractivity contribution < 1.29 is 0 Å². The van der Waals surface area contributed by atoms with Gasteiger partial charge in [-0.2, -0.15) is 0 Å². The van der Waals surface area contributed by atoms with Crippen LogP contribution in [0.2, 0.25) is 0 Å². The van der Waals surface area contributed by atoms with Crippen molar-refractivity contribution in [3.8, 4) is 90.8 Å². The van der Waals surface area contributed by atoms with Crippen molar-refractivity contribution >= 4 is 82.4 Å². The predicted molar refractivity (Wildman–Crippen MR) is 429 cm³/mol. The average Bonchev–Trinajstić information content (AvgIpc) is 1.49. The highest BCUT2D eigenvalue weighted by molar-refractivity contribution is 6.24. The molecule has 6 heterocycles. The summed E-state index contributed by atoms with van der Waals surface area (Å²) in [4.78, 5) is 32.8. The zero-order valence-corrected chi connectivity index (χ0v) is 58.3. The molecule has 0 fully saturated rings. The maximum absolute atomic E-state index is 5.56. The Morgan fingerprint density at radius 1 is 0.295 bits per heavy atom. The molecule has 0 bridgehead atoms. The SMILES string of the molecule is Cc1ccc(-n2c3ccccc3c3ccc4c5c(n(C6(n7c8ccccc8c8ccc9c%10ccccc%10n(-c%10ccc(C)cc%10C)c9c87)c7cc(-c8nc(-c9ccccc9)nc(-c9ccccc9)n8)ccc7-c7ccc(-c8nc(-c9ccccc9)nc(-c9ccccc9)n8)cc76)c4c32)CCC=C5)c(C)c1.